The summed E-state index contributed by atoms with van der Waals surface area (Å²) in [5.74, 6) is 0. The van der Waals surface area contributed by atoms with Crippen molar-refractivity contribution < 1.29 is 0 Å². The predicted molar refractivity (Wildman–Crippen MR) is 75.2 cm³/mol. The zero-order valence-corrected chi connectivity index (χ0v) is 11.9. The molecular formula is C14H15Cl2N. The molecule has 0 spiro atoms. The number of rotatable bonds is 0. The Hall–Kier alpha value is -0.790. The minimum atomic E-state index is -0.0212. The van der Waals surface area contributed by atoms with Gasteiger partial charge in [0.25, 0.3) is 0 Å². The van der Waals surface area contributed by atoms with Crippen LogP contribution >= 0.6 is 23.2 Å². The first-order valence-corrected chi connectivity index (χ1v) is 6.32. The van der Waals surface area contributed by atoms with E-state index in [4.69, 9.17) is 28.2 Å². The number of hydrogen-bond acceptors (Lipinski definition) is 1. The first-order valence-electron chi connectivity index (χ1n) is 5.56. The Kier molecular flexibility index (Phi) is 3.09. The van der Waals surface area contributed by atoms with Crippen molar-refractivity contribution in [3.05, 3.63) is 39.5 Å². The molecule has 0 aliphatic carbocycles. The molecule has 0 bridgehead atoms. The van der Waals surface area contributed by atoms with Gasteiger partial charge >= 0.3 is 0 Å². The second-order valence-corrected chi connectivity index (χ2v) is 6.14. The Labute approximate surface area is 112 Å². The van der Waals surface area contributed by atoms with E-state index in [-0.39, 0.29) is 5.41 Å². The summed E-state index contributed by atoms with van der Waals surface area (Å²) in [6, 6.07) is 5.75. The van der Waals surface area contributed by atoms with E-state index in [0.29, 0.717) is 10.0 Å². The molecule has 0 unspecified atom stereocenters. The molecule has 0 amide bonds. The van der Waals surface area contributed by atoms with Gasteiger partial charge in [-0.1, -0.05) is 50.0 Å². The molecule has 0 N–H and O–H groups in total. The molecule has 2 aromatic rings. The molecule has 1 aromatic carbocycles. The van der Waals surface area contributed by atoms with Gasteiger partial charge in [0.1, 0.15) is 0 Å². The zero-order valence-electron chi connectivity index (χ0n) is 10.4. The van der Waals surface area contributed by atoms with Crippen molar-refractivity contribution in [3.8, 4) is 0 Å². The number of aryl methyl sites for hydroxylation is 1. The maximum absolute atomic E-state index is 6.32. The Balaban J connectivity index is 2.87. The van der Waals surface area contributed by atoms with Crippen molar-refractivity contribution >= 4 is 34.1 Å². The molecule has 1 aromatic heterocycles. The van der Waals surface area contributed by atoms with E-state index in [1.165, 1.54) is 0 Å². The second-order valence-electron chi connectivity index (χ2n) is 5.33. The van der Waals surface area contributed by atoms with Crippen LogP contribution < -0.4 is 0 Å². The molecule has 0 saturated carbocycles. The monoisotopic (exact) mass is 267 g/mol. The van der Waals surface area contributed by atoms with Gasteiger partial charge in [0.2, 0.25) is 0 Å². The number of benzene rings is 1. The summed E-state index contributed by atoms with van der Waals surface area (Å²) in [7, 11) is 0. The lowest BCUT2D eigenvalue weighted by Gasteiger charge is -2.19. The Morgan fingerprint density at radius 1 is 1.06 bits per heavy atom. The average Bonchev–Trinajstić information content (AvgIpc) is 2.21. The first kappa shape index (κ1) is 12.7. The Morgan fingerprint density at radius 2 is 1.71 bits per heavy atom. The van der Waals surface area contributed by atoms with Crippen LogP contribution in [0.2, 0.25) is 10.0 Å². The van der Waals surface area contributed by atoms with Crippen LogP contribution in [0.1, 0.15) is 32.0 Å². The quantitative estimate of drug-likeness (QED) is 0.644. The molecule has 2 rings (SSSR count). The molecule has 0 saturated heterocycles. The number of hydrogen-bond donors (Lipinski definition) is 0. The molecule has 0 aliphatic rings. The number of halogens is 2. The van der Waals surface area contributed by atoms with Gasteiger partial charge in [-0.15, -0.1) is 0 Å². The highest BCUT2D eigenvalue weighted by atomic mass is 35.5. The normalized spacial score (nSPS) is 12.1. The third-order valence-corrected chi connectivity index (χ3v) is 3.44. The maximum atomic E-state index is 6.32. The maximum Gasteiger partial charge on any atom is 0.0764 e. The molecule has 1 nitrogen and oxygen atoms in total. The van der Waals surface area contributed by atoms with Gasteiger partial charge in [-0.2, -0.15) is 0 Å². The topological polar surface area (TPSA) is 12.9 Å². The van der Waals surface area contributed by atoms with Crippen LogP contribution in [0.25, 0.3) is 10.9 Å². The van der Waals surface area contributed by atoms with Gasteiger partial charge in [-0.25, -0.2) is 0 Å². The minimum Gasteiger partial charge on any atom is -0.252 e. The van der Waals surface area contributed by atoms with E-state index >= 15 is 0 Å². The van der Waals surface area contributed by atoms with Gasteiger partial charge in [0.05, 0.1) is 15.6 Å². The minimum absolute atomic E-state index is 0.0212. The van der Waals surface area contributed by atoms with Gasteiger partial charge in [-0.3, -0.25) is 4.98 Å². The van der Waals surface area contributed by atoms with Crippen LogP contribution in [0, 0.1) is 6.92 Å². The molecule has 0 radical (unpaired) electrons. The standard InChI is InChI=1S/C14H15Cl2N/c1-8-5-6-9(15)12-10(16)7-11(14(2,3)4)17-13(8)12/h5-7H,1-4H3. The number of aromatic nitrogens is 1. The number of fused-ring (bicyclic) bond motifs is 1. The van der Waals surface area contributed by atoms with E-state index in [0.717, 1.165) is 22.2 Å². The highest BCUT2D eigenvalue weighted by Gasteiger charge is 2.18. The predicted octanol–water partition coefficient (Wildman–Crippen LogP) is 5.15. The molecule has 3 heteroatoms. The van der Waals surface area contributed by atoms with E-state index in [2.05, 4.69) is 20.8 Å². The summed E-state index contributed by atoms with van der Waals surface area (Å²) >= 11 is 12.5. The van der Waals surface area contributed by atoms with Crippen molar-refractivity contribution in [2.24, 2.45) is 0 Å². The molecule has 1 heterocycles. The van der Waals surface area contributed by atoms with Crippen molar-refractivity contribution in [2.45, 2.75) is 33.1 Å². The summed E-state index contributed by atoms with van der Waals surface area (Å²) < 4.78 is 0. The smallest absolute Gasteiger partial charge is 0.0764 e. The van der Waals surface area contributed by atoms with Crippen LogP contribution in [0.5, 0.6) is 0 Å². The van der Waals surface area contributed by atoms with Crippen LogP contribution in [0.15, 0.2) is 18.2 Å². The van der Waals surface area contributed by atoms with Gasteiger partial charge in [0.15, 0.2) is 0 Å². The van der Waals surface area contributed by atoms with Crippen molar-refractivity contribution in [2.75, 3.05) is 0 Å². The summed E-state index contributed by atoms with van der Waals surface area (Å²) in [6.45, 7) is 8.39. The Bertz CT molecular complexity index is 583. The molecule has 0 atom stereocenters. The highest BCUT2D eigenvalue weighted by molar-refractivity contribution is 6.42. The molecule has 0 fully saturated rings. The van der Waals surface area contributed by atoms with E-state index < -0.39 is 0 Å². The van der Waals surface area contributed by atoms with Gasteiger partial charge in [0, 0.05) is 16.5 Å². The van der Waals surface area contributed by atoms with E-state index in [9.17, 15) is 0 Å². The highest BCUT2D eigenvalue weighted by Crippen LogP contribution is 2.34. The van der Waals surface area contributed by atoms with Crippen molar-refractivity contribution in [1.82, 2.24) is 4.98 Å². The fourth-order valence-corrected chi connectivity index (χ4v) is 2.37. The summed E-state index contributed by atoms with van der Waals surface area (Å²) in [4.78, 5) is 4.70. The lowest BCUT2D eigenvalue weighted by atomic mass is 9.91. The summed E-state index contributed by atoms with van der Waals surface area (Å²) in [6.07, 6.45) is 0. The molecule has 17 heavy (non-hydrogen) atoms. The van der Waals surface area contributed by atoms with Gasteiger partial charge < -0.3 is 0 Å². The molecule has 0 aliphatic heterocycles. The largest absolute Gasteiger partial charge is 0.252 e. The summed E-state index contributed by atoms with van der Waals surface area (Å²) in [5.41, 5.74) is 2.96. The van der Waals surface area contributed by atoms with Crippen molar-refractivity contribution in [1.29, 1.82) is 0 Å². The number of nitrogens with zero attached hydrogens (tertiary/aromatic N) is 1. The zero-order chi connectivity index (χ0) is 12.8. The van der Waals surface area contributed by atoms with Crippen LogP contribution in [0.4, 0.5) is 0 Å². The van der Waals surface area contributed by atoms with Crippen LogP contribution in [0.3, 0.4) is 0 Å². The lowest BCUT2D eigenvalue weighted by Crippen LogP contribution is -2.13. The third-order valence-electron chi connectivity index (χ3n) is 2.83. The van der Waals surface area contributed by atoms with E-state index in [1.807, 2.05) is 25.1 Å². The third kappa shape index (κ3) is 2.27. The number of pyridine rings is 1. The van der Waals surface area contributed by atoms with Crippen molar-refractivity contribution in [3.63, 3.8) is 0 Å². The molecule has 90 valence electrons. The van der Waals surface area contributed by atoms with E-state index in [1.54, 1.807) is 0 Å². The average molecular weight is 268 g/mol. The lowest BCUT2D eigenvalue weighted by molar-refractivity contribution is 0.571. The van der Waals surface area contributed by atoms with Crippen LogP contribution in [-0.4, -0.2) is 4.98 Å². The second kappa shape index (κ2) is 4.15. The summed E-state index contributed by atoms with van der Waals surface area (Å²) in [5, 5.41) is 2.18. The fraction of sp³-hybridized carbons (Fsp3) is 0.357. The molecular weight excluding hydrogens is 253 g/mol. The van der Waals surface area contributed by atoms with Gasteiger partial charge in [-0.05, 0) is 24.6 Å². The SMILES string of the molecule is Cc1ccc(Cl)c2c(Cl)cc(C(C)(C)C)nc12. The fourth-order valence-electron chi connectivity index (χ4n) is 1.77. The van der Waals surface area contributed by atoms with Crippen LogP contribution in [-0.2, 0) is 5.41 Å². The first-order chi connectivity index (χ1) is 7.80. The Morgan fingerprint density at radius 3 is 2.29 bits per heavy atom.